The lowest BCUT2D eigenvalue weighted by molar-refractivity contribution is -0.119. The van der Waals surface area contributed by atoms with Crippen LogP contribution in [0.3, 0.4) is 0 Å². The molecule has 0 saturated heterocycles. The van der Waals surface area contributed by atoms with Crippen molar-refractivity contribution >= 4 is 17.7 Å². The van der Waals surface area contributed by atoms with Gasteiger partial charge in [-0.3, -0.25) is 4.79 Å². The summed E-state index contributed by atoms with van der Waals surface area (Å²) in [4.78, 5) is 15.4. The molecule has 0 aromatic carbocycles. The van der Waals surface area contributed by atoms with Gasteiger partial charge in [0.25, 0.3) is 0 Å². The Morgan fingerprint density at radius 1 is 1.69 bits per heavy atom. The molecular weight excluding hydrogens is 222 g/mol. The van der Waals surface area contributed by atoms with E-state index in [1.807, 2.05) is 19.9 Å². The van der Waals surface area contributed by atoms with Crippen LogP contribution in [-0.4, -0.2) is 22.7 Å². The molecule has 5 heteroatoms. The molecule has 4 nitrogen and oxygen atoms in total. The van der Waals surface area contributed by atoms with Crippen LogP contribution in [0.25, 0.3) is 0 Å². The maximum absolute atomic E-state index is 11.4. The number of nitrogens with zero attached hydrogens (tertiary/aromatic N) is 2. The molecule has 0 bridgehead atoms. The van der Waals surface area contributed by atoms with Crippen LogP contribution in [0.4, 0.5) is 0 Å². The zero-order valence-electron chi connectivity index (χ0n) is 9.23. The second-order valence-electron chi connectivity index (χ2n) is 3.48. The fourth-order valence-electron chi connectivity index (χ4n) is 1.09. The molecule has 0 saturated carbocycles. The van der Waals surface area contributed by atoms with Gasteiger partial charge in [0.2, 0.25) is 5.91 Å². The van der Waals surface area contributed by atoms with Crippen LogP contribution in [0, 0.1) is 11.3 Å². The van der Waals surface area contributed by atoms with E-state index in [4.69, 9.17) is 5.26 Å². The fraction of sp³-hybridized carbons (Fsp3) is 0.364. The molecule has 0 spiro atoms. The molecule has 1 N–H and O–H groups in total. The van der Waals surface area contributed by atoms with Crippen molar-refractivity contribution in [2.45, 2.75) is 24.9 Å². The highest BCUT2D eigenvalue weighted by Gasteiger charge is 2.07. The molecule has 0 radical (unpaired) electrons. The van der Waals surface area contributed by atoms with Gasteiger partial charge in [0.15, 0.2) is 0 Å². The van der Waals surface area contributed by atoms with Crippen LogP contribution in [-0.2, 0) is 4.79 Å². The van der Waals surface area contributed by atoms with Crippen molar-refractivity contribution in [2.75, 3.05) is 5.75 Å². The fourth-order valence-corrected chi connectivity index (χ4v) is 1.84. The summed E-state index contributed by atoms with van der Waals surface area (Å²) in [5.74, 6) is 0.235. The standard InChI is InChI=1S/C11H13N3OS/c1-8(2)14-10(15)7-16-11-9(6-12)4-3-5-13-11/h3-5,8H,7H2,1-2H3,(H,14,15). The van der Waals surface area contributed by atoms with Gasteiger partial charge in [0.1, 0.15) is 11.1 Å². The molecule has 84 valence electrons. The van der Waals surface area contributed by atoms with Crippen molar-refractivity contribution in [3.05, 3.63) is 23.9 Å². The topological polar surface area (TPSA) is 65.8 Å². The molecule has 0 atom stereocenters. The number of pyridine rings is 1. The Kier molecular flexibility index (Phi) is 4.80. The second-order valence-corrected chi connectivity index (χ2v) is 4.44. The zero-order chi connectivity index (χ0) is 12.0. The van der Waals surface area contributed by atoms with Gasteiger partial charge in [-0.15, -0.1) is 0 Å². The average Bonchev–Trinajstić information content (AvgIpc) is 2.26. The smallest absolute Gasteiger partial charge is 0.230 e. The van der Waals surface area contributed by atoms with Crippen LogP contribution in [0.15, 0.2) is 23.4 Å². The van der Waals surface area contributed by atoms with E-state index >= 15 is 0 Å². The highest BCUT2D eigenvalue weighted by atomic mass is 32.2. The maximum atomic E-state index is 11.4. The molecule has 0 aliphatic carbocycles. The minimum Gasteiger partial charge on any atom is -0.353 e. The molecule has 0 aliphatic heterocycles. The summed E-state index contributed by atoms with van der Waals surface area (Å²) < 4.78 is 0. The molecule has 1 aromatic rings. The second kappa shape index (κ2) is 6.13. The monoisotopic (exact) mass is 235 g/mol. The van der Waals surface area contributed by atoms with Crippen molar-refractivity contribution in [3.8, 4) is 6.07 Å². The van der Waals surface area contributed by atoms with E-state index < -0.39 is 0 Å². The van der Waals surface area contributed by atoms with E-state index in [0.29, 0.717) is 10.6 Å². The Balaban J connectivity index is 2.55. The lowest BCUT2D eigenvalue weighted by atomic mass is 10.3. The number of amides is 1. The summed E-state index contributed by atoms with van der Waals surface area (Å²) in [7, 11) is 0. The van der Waals surface area contributed by atoms with Crippen molar-refractivity contribution < 1.29 is 4.79 Å². The van der Waals surface area contributed by atoms with E-state index in [1.165, 1.54) is 11.8 Å². The maximum Gasteiger partial charge on any atom is 0.230 e. The minimum atomic E-state index is -0.0467. The van der Waals surface area contributed by atoms with E-state index in [-0.39, 0.29) is 17.7 Å². The Morgan fingerprint density at radius 3 is 3.06 bits per heavy atom. The summed E-state index contributed by atoms with van der Waals surface area (Å²) in [5, 5.41) is 12.2. The number of thioether (sulfide) groups is 1. The Hall–Kier alpha value is -1.54. The third kappa shape index (κ3) is 3.91. The molecular formula is C11H13N3OS. The van der Waals surface area contributed by atoms with Gasteiger partial charge in [0, 0.05) is 12.2 Å². The predicted octanol–water partition coefficient (Wildman–Crippen LogP) is 1.57. The molecule has 1 rings (SSSR count). The van der Waals surface area contributed by atoms with Crippen LogP contribution in [0.2, 0.25) is 0 Å². The molecule has 1 heterocycles. The summed E-state index contributed by atoms with van der Waals surface area (Å²) in [6, 6.07) is 5.57. The lowest BCUT2D eigenvalue weighted by Gasteiger charge is -2.07. The van der Waals surface area contributed by atoms with Crippen LogP contribution >= 0.6 is 11.8 Å². The minimum absolute atomic E-state index is 0.0467. The molecule has 0 fully saturated rings. The first kappa shape index (κ1) is 12.5. The molecule has 0 aliphatic rings. The third-order valence-corrected chi connectivity index (χ3v) is 2.69. The summed E-state index contributed by atoms with van der Waals surface area (Å²) >= 11 is 1.28. The first-order valence-electron chi connectivity index (χ1n) is 4.90. The number of nitriles is 1. The van der Waals surface area contributed by atoms with Crippen LogP contribution in [0.5, 0.6) is 0 Å². The Morgan fingerprint density at radius 2 is 2.44 bits per heavy atom. The lowest BCUT2D eigenvalue weighted by Crippen LogP contribution is -2.31. The predicted molar refractivity (Wildman–Crippen MR) is 63.0 cm³/mol. The largest absolute Gasteiger partial charge is 0.353 e. The first-order chi connectivity index (χ1) is 7.63. The van der Waals surface area contributed by atoms with Gasteiger partial charge in [-0.1, -0.05) is 11.8 Å². The Bertz CT molecular complexity index is 412. The zero-order valence-corrected chi connectivity index (χ0v) is 10.0. The first-order valence-corrected chi connectivity index (χ1v) is 5.89. The molecule has 16 heavy (non-hydrogen) atoms. The number of hydrogen-bond acceptors (Lipinski definition) is 4. The third-order valence-electron chi connectivity index (χ3n) is 1.68. The van der Waals surface area contributed by atoms with E-state index in [2.05, 4.69) is 10.3 Å². The summed E-state index contributed by atoms with van der Waals surface area (Å²) in [5.41, 5.74) is 0.504. The van der Waals surface area contributed by atoms with E-state index in [0.717, 1.165) is 0 Å². The molecule has 0 unspecified atom stereocenters. The van der Waals surface area contributed by atoms with Crippen LogP contribution < -0.4 is 5.32 Å². The van der Waals surface area contributed by atoms with Gasteiger partial charge in [-0.25, -0.2) is 4.98 Å². The van der Waals surface area contributed by atoms with Crippen LogP contribution in [0.1, 0.15) is 19.4 Å². The number of aromatic nitrogens is 1. The van der Waals surface area contributed by atoms with Gasteiger partial charge in [-0.05, 0) is 26.0 Å². The summed E-state index contributed by atoms with van der Waals surface area (Å²) in [6.07, 6.45) is 1.61. The Labute approximate surface area is 99.1 Å². The molecule has 1 aromatic heterocycles. The number of carbonyl (C=O) groups is 1. The van der Waals surface area contributed by atoms with Gasteiger partial charge >= 0.3 is 0 Å². The quantitative estimate of drug-likeness (QED) is 0.804. The van der Waals surface area contributed by atoms with E-state index in [1.54, 1.807) is 18.3 Å². The number of rotatable bonds is 4. The van der Waals surface area contributed by atoms with Crippen molar-refractivity contribution in [1.29, 1.82) is 5.26 Å². The summed E-state index contributed by atoms with van der Waals surface area (Å²) in [6.45, 7) is 3.81. The van der Waals surface area contributed by atoms with Gasteiger partial charge in [0.05, 0.1) is 11.3 Å². The molecule has 1 amide bonds. The number of nitrogens with one attached hydrogen (secondary N) is 1. The van der Waals surface area contributed by atoms with Gasteiger partial charge < -0.3 is 5.32 Å². The SMILES string of the molecule is CC(C)NC(=O)CSc1ncccc1C#N. The van der Waals surface area contributed by atoms with Gasteiger partial charge in [-0.2, -0.15) is 5.26 Å². The van der Waals surface area contributed by atoms with Crippen molar-refractivity contribution in [3.63, 3.8) is 0 Å². The normalized spacial score (nSPS) is 9.88. The number of carbonyl (C=O) groups excluding carboxylic acids is 1. The highest BCUT2D eigenvalue weighted by Crippen LogP contribution is 2.18. The van der Waals surface area contributed by atoms with Crippen molar-refractivity contribution in [1.82, 2.24) is 10.3 Å². The van der Waals surface area contributed by atoms with Crippen molar-refractivity contribution in [2.24, 2.45) is 0 Å². The van der Waals surface area contributed by atoms with E-state index in [9.17, 15) is 4.79 Å². The average molecular weight is 235 g/mol. The number of hydrogen-bond donors (Lipinski definition) is 1. The highest BCUT2D eigenvalue weighted by molar-refractivity contribution is 7.99.